The summed E-state index contributed by atoms with van der Waals surface area (Å²) in [5.41, 5.74) is 0.622. The van der Waals surface area contributed by atoms with E-state index < -0.39 is 5.56 Å². The molecular formula is C21H23ClN6O3. The van der Waals surface area contributed by atoms with E-state index in [-0.39, 0.29) is 29.0 Å². The first-order valence-corrected chi connectivity index (χ1v) is 10.6. The molecule has 0 aliphatic rings. The van der Waals surface area contributed by atoms with Crippen LogP contribution >= 0.6 is 11.6 Å². The molecule has 0 saturated heterocycles. The Balaban J connectivity index is 1.48. The first kappa shape index (κ1) is 21.0. The van der Waals surface area contributed by atoms with Gasteiger partial charge in [0.2, 0.25) is 5.28 Å². The minimum atomic E-state index is -0.412. The molecule has 0 bridgehead atoms. The van der Waals surface area contributed by atoms with Crippen LogP contribution in [0.2, 0.25) is 5.28 Å². The van der Waals surface area contributed by atoms with Crippen molar-refractivity contribution in [1.82, 2.24) is 29.2 Å². The zero-order valence-corrected chi connectivity index (χ0v) is 18.1. The largest absolute Gasteiger partial charge is 0.334 e. The van der Waals surface area contributed by atoms with Crippen LogP contribution in [0.25, 0.3) is 22.6 Å². The van der Waals surface area contributed by atoms with Gasteiger partial charge in [0.25, 0.3) is 11.4 Å². The van der Waals surface area contributed by atoms with Crippen LogP contribution in [0.1, 0.15) is 32.5 Å². The van der Waals surface area contributed by atoms with Gasteiger partial charge in [0.1, 0.15) is 0 Å². The normalized spacial score (nSPS) is 11.6. The zero-order chi connectivity index (χ0) is 22.0. The SMILES string of the molecule is CC(C)Cn1c(=O)n(CCCCc2noc(-c3ccccc3)n2)c(=O)c2[nH]c(Cl)nc21. The molecule has 3 heterocycles. The quantitative estimate of drug-likeness (QED) is 0.331. The lowest BCUT2D eigenvalue weighted by Gasteiger charge is -2.12. The number of benzene rings is 1. The molecule has 0 atom stereocenters. The second-order valence-corrected chi connectivity index (χ2v) is 8.17. The van der Waals surface area contributed by atoms with E-state index in [1.807, 2.05) is 44.2 Å². The minimum absolute atomic E-state index is 0.0908. The number of fused-ring (bicyclic) bond motifs is 1. The standard InChI is InChI=1S/C21H23ClN6O3/c1-13(2)12-28-17-16(24-20(22)25-17)19(29)27(21(28)30)11-7-6-10-15-23-18(31-26-15)14-8-4-3-5-9-14/h3-5,8-9,13H,6-7,10-12H2,1-2H3,(H,24,25). The van der Waals surface area contributed by atoms with Crippen molar-refractivity contribution in [2.75, 3.05) is 0 Å². The molecule has 0 unspecified atom stereocenters. The molecule has 1 aromatic carbocycles. The van der Waals surface area contributed by atoms with Crippen LogP contribution in [0.5, 0.6) is 0 Å². The highest BCUT2D eigenvalue weighted by Gasteiger charge is 2.17. The highest BCUT2D eigenvalue weighted by atomic mass is 35.5. The van der Waals surface area contributed by atoms with Crippen molar-refractivity contribution < 1.29 is 4.52 Å². The van der Waals surface area contributed by atoms with Crippen LogP contribution in [0.15, 0.2) is 44.4 Å². The van der Waals surface area contributed by atoms with Gasteiger partial charge in [0.05, 0.1) is 0 Å². The van der Waals surface area contributed by atoms with Crippen molar-refractivity contribution >= 4 is 22.8 Å². The number of hydrogen-bond donors (Lipinski definition) is 1. The van der Waals surface area contributed by atoms with Crippen molar-refractivity contribution in [2.24, 2.45) is 5.92 Å². The summed E-state index contributed by atoms with van der Waals surface area (Å²) in [7, 11) is 0. The summed E-state index contributed by atoms with van der Waals surface area (Å²) in [6, 6.07) is 9.55. The van der Waals surface area contributed by atoms with E-state index in [0.29, 0.717) is 43.2 Å². The van der Waals surface area contributed by atoms with Crippen molar-refractivity contribution in [3.05, 3.63) is 62.3 Å². The number of aryl methyl sites for hydroxylation is 1. The summed E-state index contributed by atoms with van der Waals surface area (Å²) in [6.45, 7) is 4.72. The number of imidazole rings is 1. The number of aromatic nitrogens is 6. The Kier molecular flexibility index (Phi) is 6.03. The Morgan fingerprint density at radius 3 is 2.61 bits per heavy atom. The third kappa shape index (κ3) is 4.46. The Bertz CT molecular complexity index is 1300. The topological polar surface area (TPSA) is 112 Å². The maximum Gasteiger partial charge on any atom is 0.332 e. The summed E-state index contributed by atoms with van der Waals surface area (Å²) >= 11 is 5.96. The lowest BCUT2D eigenvalue weighted by Crippen LogP contribution is -2.40. The molecule has 0 saturated carbocycles. The molecule has 0 aliphatic carbocycles. The lowest BCUT2D eigenvalue weighted by atomic mass is 10.2. The van der Waals surface area contributed by atoms with Gasteiger partial charge in [-0.25, -0.2) is 4.79 Å². The summed E-state index contributed by atoms with van der Waals surface area (Å²) in [5.74, 6) is 1.28. The number of nitrogens with one attached hydrogen (secondary N) is 1. The number of hydrogen-bond acceptors (Lipinski definition) is 6. The van der Waals surface area contributed by atoms with E-state index in [4.69, 9.17) is 16.1 Å². The van der Waals surface area contributed by atoms with E-state index in [1.54, 1.807) is 0 Å². The highest BCUT2D eigenvalue weighted by molar-refractivity contribution is 6.28. The van der Waals surface area contributed by atoms with Crippen molar-refractivity contribution in [1.29, 1.82) is 0 Å². The van der Waals surface area contributed by atoms with E-state index >= 15 is 0 Å². The van der Waals surface area contributed by atoms with Crippen LogP contribution in [0.3, 0.4) is 0 Å². The second-order valence-electron chi connectivity index (χ2n) is 7.81. The van der Waals surface area contributed by atoms with E-state index in [0.717, 1.165) is 5.56 Å². The Labute approximate surface area is 182 Å². The lowest BCUT2D eigenvalue weighted by molar-refractivity contribution is 0.420. The van der Waals surface area contributed by atoms with Gasteiger partial charge in [0.15, 0.2) is 17.0 Å². The molecule has 162 valence electrons. The van der Waals surface area contributed by atoms with E-state index in [9.17, 15) is 9.59 Å². The fourth-order valence-electron chi connectivity index (χ4n) is 3.47. The number of aromatic amines is 1. The third-order valence-electron chi connectivity index (χ3n) is 4.90. The average molecular weight is 443 g/mol. The molecule has 31 heavy (non-hydrogen) atoms. The van der Waals surface area contributed by atoms with E-state index in [1.165, 1.54) is 9.13 Å². The van der Waals surface area contributed by atoms with Crippen LogP contribution in [-0.2, 0) is 19.5 Å². The van der Waals surface area contributed by atoms with E-state index in [2.05, 4.69) is 20.1 Å². The summed E-state index contributed by atoms with van der Waals surface area (Å²) in [4.78, 5) is 37.1. The first-order chi connectivity index (χ1) is 14.9. The zero-order valence-electron chi connectivity index (χ0n) is 17.3. The van der Waals surface area contributed by atoms with Crippen molar-refractivity contribution in [2.45, 2.75) is 46.2 Å². The number of unbranched alkanes of at least 4 members (excludes halogenated alkanes) is 1. The molecule has 0 aliphatic heterocycles. The first-order valence-electron chi connectivity index (χ1n) is 10.2. The van der Waals surface area contributed by atoms with Gasteiger partial charge in [-0.15, -0.1) is 0 Å². The Hall–Kier alpha value is -3.20. The summed E-state index contributed by atoms with van der Waals surface area (Å²) in [6.07, 6.45) is 1.90. The van der Waals surface area contributed by atoms with Gasteiger partial charge >= 0.3 is 5.69 Å². The van der Waals surface area contributed by atoms with Crippen LogP contribution < -0.4 is 11.2 Å². The highest BCUT2D eigenvalue weighted by Crippen LogP contribution is 2.17. The smallest absolute Gasteiger partial charge is 0.332 e. The predicted molar refractivity (Wildman–Crippen MR) is 117 cm³/mol. The summed E-state index contributed by atoms with van der Waals surface area (Å²) < 4.78 is 8.06. The minimum Gasteiger partial charge on any atom is -0.334 e. The molecule has 0 spiro atoms. The number of nitrogens with zero attached hydrogens (tertiary/aromatic N) is 5. The molecule has 3 aromatic heterocycles. The van der Waals surface area contributed by atoms with Crippen LogP contribution in [0.4, 0.5) is 0 Å². The maximum atomic E-state index is 13.0. The van der Waals surface area contributed by atoms with Gasteiger partial charge in [0, 0.05) is 25.1 Å². The number of H-pyrrole nitrogens is 1. The van der Waals surface area contributed by atoms with Gasteiger partial charge in [-0.1, -0.05) is 37.2 Å². The second kappa shape index (κ2) is 8.89. The van der Waals surface area contributed by atoms with Gasteiger partial charge in [-0.2, -0.15) is 9.97 Å². The molecular weight excluding hydrogens is 420 g/mol. The third-order valence-corrected chi connectivity index (χ3v) is 5.08. The van der Waals surface area contributed by atoms with Crippen molar-refractivity contribution in [3.63, 3.8) is 0 Å². The molecule has 4 aromatic rings. The molecule has 9 nitrogen and oxygen atoms in total. The van der Waals surface area contributed by atoms with Crippen LogP contribution in [0, 0.1) is 5.92 Å². The van der Waals surface area contributed by atoms with Gasteiger partial charge in [-0.05, 0) is 42.5 Å². The number of halogens is 1. The fourth-order valence-corrected chi connectivity index (χ4v) is 3.65. The monoisotopic (exact) mass is 442 g/mol. The van der Waals surface area contributed by atoms with Crippen LogP contribution in [-0.4, -0.2) is 29.2 Å². The molecule has 0 fully saturated rings. The molecule has 0 radical (unpaired) electrons. The molecule has 10 heteroatoms. The van der Waals surface area contributed by atoms with Gasteiger partial charge in [-0.3, -0.25) is 13.9 Å². The molecule has 0 amide bonds. The Morgan fingerprint density at radius 1 is 1.10 bits per heavy atom. The fraction of sp³-hybridized carbons (Fsp3) is 0.381. The maximum absolute atomic E-state index is 13.0. The summed E-state index contributed by atoms with van der Waals surface area (Å²) in [5, 5.41) is 4.11. The average Bonchev–Trinajstić information content (AvgIpc) is 3.38. The van der Waals surface area contributed by atoms with Crippen molar-refractivity contribution in [3.8, 4) is 11.5 Å². The Morgan fingerprint density at radius 2 is 1.87 bits per heavy atom. The predicted octanol–water partition coefficient (Wildman–Crippen LogP) is 3.27. The molecule has 1 N–H and O–H groups in total. The van der Waals surface area contributed by atoms with Gasteiger partial charge < -0.3 is 9.51 Å². The molecule has 4 rings (SSSR count). The number of rotatable bonds is 8.